The second-order valence-electron chi connectivity index (χ2n) is 4.25. The standard InChI is InChI=1S/C13H8F3NO4S/c14-13(15,16)9-5-7-10(8-6-9)22(20,21)12-4-2-1-3-11(12)17(18)19/h1-8H. The molecule has 0 unspecified atom stereocenters. The maximum atomic E-state index is 12.5. The van der Waals surface area contributed by atoms with Crippen molar-refractivity contribution in [3.05, 3.63) is 64.2 Å². The van der Waals surface area contributed by atoms with Crippen LogP contribution in [0.4, 0.5) is 18.9 Å². The van der Waals surface area contributed by atoms with Gasteiger partial charge in [0.1, 0.15) is 4.90 Å². The lowest BCUT2D eigenvalue weighted by Gasteiger charge is -2.08. The minimum absolute atomic E-state index is 0.449. The van der Waals surface area contributed by atoms with Crippen molar-refractivity contribution in [1.82, 2.24) is 0 Å². The molecule has 2 rings (SSSR count). The molecule has 9 heteroatoms. The number of sulfone groups is 1. The molecule has 0 aliphatic rings. The van der Waals surface area contributed by atoms with Crippen molar-refractivity contribution < 1.29 is 26.5 Å². The van der Waals surface area contributed by atoms with Crippen LogP contribution in [0, 0.1) is 10.1 Å². The van der Waals surface area contributed by atoms with Gasteiger partial charge in [0.05, 0.1) is 15.4 Å². The number of rotatable bonds is 3. The molecular weight excluding hydrogens is 323 g/mol. The van der Waals surface area contributed by atoms with Crippen LogP contribution in [0.5, 0.6) is 0 Å². The Morgan fingerprint density at radius 2 is 1.50 bits per heavy atom. The summed E-state index contributed by atoms with van der Waals surface area (Å²) in [5, 5.41) is 10.9. The number of para-hydroxylation sites is 1. The summed E-state index contributed by atoms with van der Waals surface area (Å²) < 4.78 is 62.1. The van der Waals surface area contributed by atoms with Crippen LogP contribution in [0.15, 0.2) is 58.3 Å². The van der Waals surface area contributed by atoms with Crippen LogP contribution in [0.2, 0.25) is 0 Å². The zero-order valence-corrected chi connectivity index (χ0v) is 11.6. The molecule has 0 aliphatic carbocycles. The van der Waals surface area contributed by atoms with Gasteiger partial charge in [0.2, 0.25) is 9.84 Å². The zero-order chi connectivity index (χ0) is 16.5. The molecule has 0 fully saturated rings. The molecule has 0 atom stereocenters. The predicted octanol–water partition coefficient (Wildman–Crippen LogP) is 3.45. The Morgan fingerprint density at radius 1 is 0.955 bits per heavy atom. The first-order chi connectivity index (χ1) is 10.1. The second-order valence-corrected chi connectivity index (χ2v) is 6.17. The average molecular weight is 331 g/mol. The highest BCUT2D eigenvalue weighted by Crippen LogP contribution is 2.32. The van der Waals surface area contributed by atoms with Gasteiger partial charge in [0.15, 0.2) is 0 Å². The number of alkyl halides is 3. The minimum atomic E-state index is -4.60. The van der Waals surface area contributed by atoms with Crippen molar-refractivity contribution in [2.24, 2.45) is 0 Å². The van der Waals surface area contributed by atoms with Gasteiger partial charge in [-0.15, -0.1) is 0 Å². The molecule has 2 aromatic rings. The average Bonchev–Trinajstić information content (AvgIpc) is 2.46. The molecule has 0 radical (unpaired) electrons. The molecule has 116 valence electrons. The fraction of sp³-hybridized carbons (Fsp3) is 0.0769. The smallest absolute Gasteiger partial charge is 0.258 e. The topological polar surface area (TPSA) is 77.3 Å². The first-order valence-electron chi connectivity index (χ1n) is 5.80. The third-order valence-corrected chi connectivity index (χ3v) is 4.66. The van der Waals surface area contributed by atoms with Crippen molar-refractivity contribution in [2.75, 3.05) is 0 Å². The minimum Gasteiger partial charge on any atom is -0.258 e. The molecule has 0 aliphatic heterocycles. The molecule has 0 N–H and O–H groups in total. The first-order valence-corrected chi connectivity index (χ1v) is 7.28. The third kappa shape index (κ3) is 2.93. The van der Waals surface area contributed by atoms with Gasteiger partial charge in [-0.05, 0) is 30.3 Å². The van der Waals surface area contributed by atoms with Crippen LogP contribution in [-0.2, 0) is 16.0 Å². The van der Waals surface area contributed by atoms with E-state index in [1.165, 1.54) is 12.1 Å². The van der Waals surface area contributed by atoms with Gasteiger partial charge in [-0.25, -0.2) is 8.42 Å². The van der Waals surface area contributed by atoms with Gasteiger partial charge in [0, 0.05) is 6.07 Å². The number of nitrogens with zero attached hydrogens (tertiary/aromatic N) is 1. The van der Waals surface area contributed by atoms with Gasteiger partial charge in [-0.3, -0.25) is 10.1 Å². The Balaban J connectivity index is 2.55. The summed E-state index contributed by atoms with van der Waals surface area (Å²) in [5.41, 5.74) is -1.64. The highest BCUT2D eigenvalue weighted by atomic mass is 32.2. The fourth-order valence-electron chi connectivity index (χ4n) is 1.79. The summed E-state index contributed by atoms with van der Waals surface area (Å²) in [5.74, 6) is 0. The summed E-state index contributed by atoms with van der Waals surface area (Å²) in [4.78, 5) is 8.99. The van der Waals surface area contributed by atoms with Gasteiger partial charge in [-0.2, -0.15) is 13.2 Å². The van der Waals surface area contributed by atoms with Gasteiger partial charge in [-0.1, -0.05) is 12.1 Å². The van der Waals surface area contributed by atoms with Gasteiger partial charge >= 0.3 is 6.18 Å². The summed E-state index contributed by atoms with van der Waals surface area (Å²) in [6, 6.07) is 7.41. The number of nitro benzene ring substituents is 1. The molecule has 2 aromatic carbocycles. The number of hydrogen-bond donors (Lipinski definition) is 0. The molecule has 0 aromatic heterocycles. The second kappa shape index (κ2) is 5.41. The molecule has 0 saturated carbocycles. The van der Waals surface area contributed by atoms with E-state index in [1.54, 1.807) is 0 Å². The molecule has 0 bridgehead atoms. The molecular formula is C13H8F3NO4S. The van der Waals surface area contributed by atoms with Crippen LogP contribution in [0.3, 0.4) is 0 Å². The van der Waals surface area contributed by atoms with Crippen LogP contribution in [-0.4, -0.2) is 13.3 Å². The highest BCUT2D eigenvalue weighted by molar-refractivity contribution is 7.91. The van der Waals surface area contributed by atoms with Crippen LogP contribution in [0.1, 0.15) is 5.56 Å². The van der Waals surface area contributed by atoms with Crippen LogP contribution < -0.4 is 0 Å². The van der Waals surface area contributed by atoms with E-state index in [0.29, 0.717) is 12.1 Å². The Bertz CT molecular complexity index is 814. The van der Waals surface area contributed by atoms with Crippen molar-refractivity contribution in [3.8, 4) is 0 Å². The summed E-state index contributed by atoms with van der Waals surface area (Å²) in [6.07, 6.45) is -4.60. The van der Waals surface area contributed by atoms with Crippen LogP contribution >= 0.6 is 0 Å². The van der Waals surface area contributed by atoms with Crippen molar-refractivity contribution in [3.63, 3.8) is 0 Å². The van der Waals surface area contributed by atoms with E-state index in [1.807, 2.05) is 0 Å². The molecule has 0 spiro atoms. The zero-order valence-electron chi connectivity index (χ0n) is 10.7. The first kappa shape index (κ1) is 16.0. The van der Waals surface area contributed by atoms with Gasteiger partial charge in [0.25, 0.3) is 5.69 Å². The highest BCUT2D eigenvalue weighted by Gasteiger charge is 2.32. The Hall–Kier alpha value is -2.42. The monoisotopic (exact) mass is 331 g/mol. The molecule has 0 amide bonds. The maximum absolute atomic E-state index is 12.5. The Morgan fingerprint density at radius 3 is 2.00 bits per heavy atom. The lowest BCUT2D eigenvalue weighted by Crippen LogP contribution is -2.08. The van der Waals surface area contributed by atoms with E-state index in [0.717, 1.165) is 24.3 Å². The van der Waals surface area contributed by atoms with Crippen molar-refractivity contribution in [2.45, 2.75) is 16.0 Å². The SMILES string of the molecule is O=[N+]([O-])c1ccccc1S(=O)(=O)c1ccc(C(F)(F)F)cc1. The third-order valence-electron chi connectivity index (χ3n) is 2.84. The fourth-order valence-corrected chi connectivity index (χ4v) is 3.21. The summed E-state index contributed by atoms with van der Waals surface area (Å²) >= 11 is 0. The van der Waals surface area contributed by atoms with E-state index in [4.69, 9.17) is 0 Å². The van der Waals surface area contributed by atoms with E-state index in [9.17, 15) is 31.7 Å². The summed E-state index contributed by atoms with van der Waals surface area (Å²) in [7, 11) is -4.29. The van der Waals surface area contributed by atoms with Crippen LogP contribution in [0.25, 0.3) is 0 Å². The van der Waals surface area contributed by atoms with E-state index in [-0.39, 0.29) is 0 Å². The van der Waals surface area contributed by atoms with Crippen molar-refractivity contribution >= 4 is 15.5 Å². The largest absolute Gasteiger partial charge is 0.416 e. The Kier molecular flexibility index (Phi) is 3.92. The summed E-state index contributed by atoms with van der Waals surface area (Å²) in [6.45, 7) is 0. The molecule has 0 heterocycles. The van der Waals surface area contributed by atoms with Crippen molar-refractivity contribution in [1.29, 1.82) is 0 Å². The van der Waals surface area contributed by atoms with Gasteiger partial charge < -0.3 is 0 Å². The molecule has 0 saturated heterocycles. The van der Waals surface area contributed by atoms with E-state index >= 15 is 0 Å². The molecule has 22 heavy (non-hydrogen) atoms. The number of nitro groups is 1. The number of benzene rings is 2. The lowest BCUT2D eigenvalue weighted by atomic mass is 10.2. The number of halogens is 3. The Labute approximate surface area is 123 Å². The maximum Gasteiger partial charge on any atom is 0.416 e. The number of hydrogen-bond acceptors (Lipinski definition) is 4. The normalized spacial score (nSPS) is 12.1. The predicted molar refractivity (Wildman–Crippen MR) is 70.0 cm³/mol. The van der Waals surface area contributed by atoms with E-state index < -0.39 is 42.0 Å². The quantitative estimate of drug-likeness (QED) is 0.637. The lowest BCUT2D eigenvalue weighted by molar-refractivity contribution is -0.387. The molecule has 5 nitrogen and oxygen atoms in total. The van der Waals surface area contributed by atoms with E-state index in [2.05, 4.69) is 0 Å².